The maximum absolute atomic E-state index is 14.3. The van der Waals surface area contributed by atoms with Gasteiger partial charge >= 0.3 is 0 Å². The van der Waals surface area contributed by atoms with Crippen molar-refractivity contribution in [2.75, 3.05) is 38.7 Å². The third kappa shape index (κ3) is 9.87. The van der Waals surface area contributed by atoms with E-state index in [1.807, 2.05) is 44.2 Å². The second-order valence-electron chi connectivity index (χ2n) is 12.3. The Balaban J connectivity index is 1.63. The van der Waals surface area contributed by atoms with Crippen LogP contribution in [0, 0.1) is 5.92 Å². The molecular formula is C36H47N3O7S. The molecule has 3 aromatic carbocycles. The number of benzene rings is 3. The first kappa shape index (κ1) is 36.1. The zero-order valence-corrected chi connectivity index (χ0v) is 28.5. The Hall–Kier alpha value is -3.77. The van der Waals surface area contributed by atoms with Crippen LogP contribution in [0.4, 0.5) is 5.69 Å². The summed E-state index contributed by atoms with van der Waals surface area (Å²) in [5.41, 5.74) is 1.58. The summed E-state index contributed by atoms with van der Waals surface area (Å²) in [5, 5.41) is 13.1. The van der Waals surface area contributed by atoms with E-state index in [-0.39, 0.29) is 60.4 Å². The molecule has 0 saturated heterocycles. The van der Waals surface area contributed by atoms with Gasteiger partial charge in [0.25, 0.3) is 5.91 Å². The van der Waals surface area contributed by atoms with E-state index >= 15 is 0 Å². The van der Waals surface area contributed by atoms with Gasteiger partial charge in [-0.2, -0.15) is 4.31 Å². The lowest BCUT2D eigenvalue weighted by Gasteiger charge is -2.35. The zero-order chi connectivity index (χ0) is 34.0. The standard InChI is InChI=1S/C36H47N3O7S/c1-26-23-39(27(2)25-40)36(42)32-22-30(37-35(41)21-29-14-7-5-8-15-29)18-19-33(32)46-28(3)13-11-12-20-45-34(26)24-38(4)47(43,44)31-16-9-6-10-17-31/h5-10,14-19,22,26-28,34,40H,11-13,20-21,23-25H2,1-4H3,(H,37,41)/t26-,27-,28-,34-/m0/s1. The van der Waals surface area contributed by atoms with Crippen LogP contribution in [0.25, 0.3) is 0 Å². The first-order valence-corrected chi connectivity index (χ1v) is 17.6. The summed E-state index contributed by atoms with van der Waals surface area (Å²) in [6, 6.07) is 22.1. The Morgan fingerprint density at radius 3 is 2.40 bits per heavy atom. The molecule has 1 aliphatic rings. The van der Waals surface area contributed by atoms with Crippen molar-refractivity contribution < 1.29 is 32.6 Å². The normalized spacial score (nSPS) is 20.5. The predicted molar refractivity (Wildman–Crippen MR) is 182 cm³/mol. The number of aliphatic hydroxyl groups excluding tert-OH is 1. The number of nitrogens with zero attached hydrogens (tertiary/aromatic N) is 2. The fourth-order valence-electron chi connectivity index (χ4n) is 5.57. The van der Waals surface area contributed by atoms with Gasteiger partial charge < -0.3 is 24.8 Å². The largest absolute Gasteiger partial charge is 0.490 e. The second kappa shape index (κ2) is 16.9. The number of likely N-dealkylation sites (N-methyl/N-ethyl adjacent to an activating group) is 1. The van der Waals surface area contributed by atoms with Crippen LogP contribution in [0.15, 0.2) is 83.8 Å². The molecule has 254 valence electrons. The summed E-state index contributed by atoms with van der Waals surface area (Å²) in [5.74, 6) is -0.505. The summed E-state index contributed by atoms with van der Waals surface area (Å²) in [7, 11) is -2.23. The van der Waals surface area contributed by atoms with E-state index in [2.05, 4.69) is 5.32 Å². The average Bonchev–Trinajstić information content (AvgIpc) is 3.06. The Kier molecular flexibility index (Phi) is 12.9. The summed E-state index contributed by atoms with van der Waals surface area (Å²) in [6.45, 7) is 6.03. The first-order valence-electron chi connectivity index (χ1n) is 16.2. The molecule has 4 atom stereocenters. The molecule has 11 heteroatoms. The molecule has 3 aromatic rings. The molecule has 10 nitrogen and oxygen atoms in total. The molecule has 0 saturated carbocycles. The van der Waals surface area contributed by atoms with Gasteiger partial charge in [0.1, 0.15) is 5.75 Å². The van der Waals surface area contributed by atoms with E-state index in [0.717, 1.165) is 18.4 Å². The lowest BCUT2D eigenvalue weighted by molar-refractivity contribution is -0.115. The number of sulfonamides is 1. The maximum atomic E-state index is 14.3. The highest BCUT2D eigenvalue weighted by atomic mass is 32.2. The van der Waals surface area contributed by atoms with Gasteiger partial charge in [0.05, 0.1) is 41.7 Å². The van der Waals surface area contributed by atoms with E-state index in [0.29, 0.717) is 24.5 Å². The summed E-state index contributed by atoms with van der Waals surface area (Å²) >= 11 is 0. The Labute approximate surface area is 278 Å². The second-order valence-corrected chi connectivity index (χ2v) is 14.4. The lowest BCUT2D eigenvalue weighted by atomic mass is 10.0. The van der Waals surface area contributed by atoms with Gasteiger partial charge in [-0.15, -0.1) is 0 Å². The Bertz CT molecular complexity index is 1570. The summed E-state index contributed by atoms with van der Waals surface area (Å²) < 4.78 is 40.6. The average molecular weight is 666 g/mol. The number of hydrogen-bond acceptors (Lipinski definition) is 7. The molecule has 0 aliphatic carbocycles. The first-order chi connectivity index (χ1) is 22.5. The number of ether oxygens (including phenoxy) is 2. The van der Waals surface area contributed by atoms with Gasteiger partial charge in [-0.25, -0.2) is 8.42 Å². The van der Waals surface area contributed by atoms with E-state index in [1.165, 1.54) is 11.4 Å². The van der Waals surface area contributed by atoms with Crippen LogP contribution in [0.2, 0.25) is 0 Å². The van der Waals surface area contributed by atoms with E-state index < -0.39 is 22.2 Å². The monoisotopic (exact) mass is 665 g/mol. The smallest absolute Gasteiger partial charge is 0.258 e. The summed E-state index contributed by atoms with van der Waals surface area (Å²) in [6.07, 6.45) is 1.72. The minimum Gasteiger partial charge on any atom is -0.490 e. The van der Waals surface area contributed by atoms with Crippen molar-refractivity contribution in [3.63, 3.8) is 0 Å². The Morgan fingerprint density at radius 1 is 1.04 bits per heavy atom. The van der Waals surface area contributed by atoms with Gasteiger partial charge in [0.15, 0.2) is 0 Å². The highest BCUT2D eigenvalue weighted by Gasteiger charge is 2.32. The lowest BCUT2D eigenvalue weighted by Crippen LogP contribution is -2.48. The third-order valence-electron chi connectivity index (χ3n) is 8.43. The maximum Gasteiger partial charge on any atom is 0.258 e. The van der Waals surface area contributed by atoms with Crippen LogP contribution in [-0.4, -0.2) is 86.1 Å². The molecule has 0 unspecified atom stereocenters. The van der Waals surface area contributed by atoms with Crippen LogP contribution in [-0.2, 0) is 26.0 Å². The van der Waals surface area contributed by atoms with Crippen LogP contribution >= 0.6 is 0 Å². The van der Waals surface area contributed by atoms with Crippen molar-refractivity contribution >= 4 is 27.5 Å². The quantitative estimate of drug-likeness (QED) is 0.330. The minimum atomic E-state index is -3.77. The molecule has 0 aromatic heterocycles. The minimum absolute atomic E-state index is 0.0849. The predicted octanol–water partition coefficient (Wildman–Crippen LogP) is 4.98. The van der Waals surface area contributed by atoms with Crippen LogP contribution in [0.3, 0.4) is 0 Å². The van der Waals surface area contributed by atoms with Crippen LogP contribution in [0.5, 0.6) is 5.75 Å². The number of aliphatic hydroxyl groups is 1. The van der Waals surface area contributed by atoms with Gasteiger partial charge in [-0.1, -0.05) is 55.5 Å². The number of rotatable bonds is 9. The molecular weight excluding hydrogens is 618 g/mol. The number of carbonyl (C=O) groups excluding carboxylic acids is 2. The van der Waals surface area contributed by atoms with E-state index in [9.17, 15) is 23.1 Å². The molecule has 0 bridgehead atoms. The van der Waals surface area contributed by atoms with Crippen molar-refractivity contribution in [2.45, 2.75) is 69.6 Å². The SMILES string of the molecule is C[C@H]1CCCCO[C@@H](CN(C)S(=O)(=O)c2ccccc2)[C@@H](C)CN([C@@H](C)CO)C(=O)c2cc(NC(=O)Cc3ccccc3)ccc2O1. The zero-order valence-electron chi connectivity index (χ0n) is 27.7. The highest BCUT2D eigenvalue weighted by molar-refractivity contribution is 7.89. The number of carbonyl (C=O) groups is 2. The number of nitrogens with one attached hydrogen (secondary N) is 1. The van der Waals surface area contributed by atoms with Crippen molar-refractivity contribution in [2.24, 2.45) is 5.92 Å². The fourth-order valence-corrected chi connectivity index (χ4v) is 6.78. The molecule has 0 radical (unpaired) electrons. The van der Waals surface area contributed by atoms with Gasteiger partial charge in [0.2, 0.25) is 15.9 Å². The molecule has 2 N–H and O–H groups in total. The third-order valence-corrected chi connectivity index (χ3v) is 10.3. The molecule has 4 rings (SSSR count). The number of amides is 2. The van der Waals surface area contributed by atoms with E-state index in [1.54, 1.807) is 60.4 Å². The van der Waals surface area contributed by atoms with Crippen molar-refractivity contribution in [1.29, 1.82) is 0 Å². The van der Waals surface area contributed by atoms with Crippen molar-refractivity contribution in [3.8, 4) is 5.75 Å². The van der Waals surface area contributed by atoms with Crippen molar-refractivity contribution in [3.05, 3.63) is 90.0 Å². The number of hydrogen-bond donors (Lipinski definition) is 2. The van der Waals surface area contributed by atoms with Crippen LogP contribution in [0.1, 0.15) is 56.0 Å². The molecule has 0 spiro atoms. The highest BCUT2D eigenvalue weighted by Crippen LogP contribution is 2.29. The van der Waals surface area contributed by atoms with Gasteiger partial charge in [-0.05, 0) is 69.0 Å². The molecule has 47 heavy (non-hydrogen) atoms. The van der Waals surface area contributed by atoms with Crippen molar-refractivity contribution in [1.82, 2.24) is 9.21 Å². The molecule has 1 heterocycles. The van der Waals surface area contributed by atoms with Gasteiger partial charge in [-0.3, -0.25) is 9.59 Å². The van der Waals surface area contributed by atoms with Crippen LogP contribution < -0.4 is 10.1 Å². The summed E-state index contributed by atoms with van der Waals surface area (Å²) in [4.78, 5) is 29.0. The number of fused-ring (bicyclic) bond motifs is 1. The molecule has 2 amide bonds. The van der Waals surface area contributed by atoms with Gasteiger partial charge in [0, 0.05) is 38.3 Å². The topological polar surface area (TPSA) is 125 Å². The molecule has 1 aliphatic heterocycles. The van der Waals surface area contributed by atoms with E-state index in [4.69, 9.17) is 9.47 Å². The number of anilines is 1. The Morgan fingerprint density at radius 2 is 1.72 bits per heavy atom. The molecule has 0 fully saturated rings. The fraction of sp³-hybridized carbons (Fsp3) is 0.444.